The third kappa shape index (κ3) is 4.63. The van der Waals surface area contributed by atoms with Crippen LogP contribution in [0.1, 0.15) is 37.7 Å². The van der Waals surface area contributed by atoms with Gasteiger partial charge in [-0.1, -0.05) is 0 Å². The van der Waals surface area contributed by atoms with Crippen molar-refractivity contribution in [1.82, 2.24) is 9.97 Å². The van der Waals surface area contributed by atoms with Gasteiger partial charge >= 0.3 is 18.3 Å². The van der Waals surface area contributed by atoms with Gasteiger partial charge in [-0.3, -0.25) is 4.79 Å². The molecule has 0 saturated heterocycles. The van der Waals surface area contributed by atoms with Crippen molar-refractivity contribution in [3.05, 3.63) is 70.5 Å². The highest BCUT2D eigenvalue weighted by molar-refractivity contribution is 6.12. The van der Waals surface area contributed by atoms with Gasteiger partial charge in [0.1, 0.15) is 5.69 Å². The second kappa shape index (κ2) is 8.29. The van der Waals surface area contributed by atoms with E-state index in [1.54, 1.807) is 13.0 Å². The number of ether oxygens (including phenoxy) is 1. The van der Waals surface area contributed by atoms with Crippen LogP contribution in [0.15, 0.2) is 42.5 Å². The summed E-state index contributed by atoms with van der Waals surface area (Å²) >= 11 is 0. The van der Waals surface area contributed by atoms with Crippen LogP contribution < -0.4 is 5.32 Å². The molecule has 0 fully saturated rings. The number of anilines is 1. The van der Waals surface area contributed by atoms with Crippen LogP contribution in [-0.4, -0.2) is 29.0 Å². The molecule has 35 heavy (non-hydrogen) atoms. The van der Waals surface area contributed by atoms with Crippen molar-refractivity contribution in [1.29, 1.82) is 0 Å². The molecule has 1 amide bonds. The fraction of sp³-hybridized carbons (Fsp3) is 0.174. The zero-order valence-electron chi connectivity index (χ0n) is 18.0. The number of esters is 1. The quantitative estimate of drug-likeness (QED) is 0.266. The maximum absolute atomic E-state index is 13.1. The van der Waals surface area contributed by atoms with E-state index in [1.165, 1.54) is 25.3 Å². The van der Waals surface area contributed by atoms with Crippen molar-refractivity contribution in [2.45, 2.75) is 19.3 Å². The van der Waals surface area contributed by atoms with E-state index in [1.807, 2.05) is 0 Å². The van der Waals surface area contributed by atoms with Gasteiger partial charge in [0.05, 0.1) is 29.4 Å². The molecule has 0 bridgehead atoms. The molecule has 0 aliphatic carbocycles. The van der Waals surface area contributed by atoms with Crippen molar-refractivity contribution < 1.29 is 40.7 Å². The molecule has 12 heteroatoms. The van der Waals surface area contributed by atoms with Gasteiger partial charge in [-0.05, 0) is 49.4 Å². The van der Waals surface area contributed by atoms with Crippen molar-refractivity contribution in [2.24, 2.45) is 0 Å². The lowest BCUT2D eigenvalue weighted by atomic mass is 10.0. The van der Waals surface area contributed by atoms with Crippen molar-refractivity contribution in [2.75, 3.05) is 12.4 Å². The van der Waals surface area contributed by atoms with Gasteiger partial charge in [-0.2, -0.15) is 26.3 Å². The minimum atomic E-state index is -5.08. The maximum Gasteiger partial charge on any atom is 0.416 e. The Labute approximate surface area is 192 Å². The van der Waals surface area contributed by atoms with Crippen LogP contribution in [0.2, 0.25) is 0 Å². The Morgan fingerprint density at radius 2 is 1.54 bits per heavy atom. The number of halogens is 6. The summed E-state index contributed by atoms with van der Waals surface area (Å²) in [6.45, 7) is 1.67. The van der Waals surface area contributed by atoms with Crippen LogP contribution in [0.25, 0.3) is 21.8 Å². The number of pyridine rings is 1. The SMILES string of the molecule is COC(=O)c1cc2c([nH]c3ccc(NC(=O)c4cc(C(F)(F)F)cc(C(F)(F)F)c4)cc32)c(C)n1. The molecule has 0 spiro atoms. The predicted molar refractivity (Wildman–Crippen MR) is 114 cm³/mol. The number of nitrogens with one attached hydrogen (secondary N) is 2. The van der Waals surface area contributed by atoms with Crippen molar-refractivity contribution in [3.63, 3.8) is 0 Å². The Hall–Kier alpha value is -4.09. The summed E-state index contributed by atoms with van der Waals surface area (Å²) in [4.78, 5) is 31.8. The molecule has 0 radical (unpaired) electrons. The number of amides is 1. The number of carbonyl (C=O) groups is 2. The molecule has 2 aromatic heterocycles. The highest BCUT2D eigenvalue weighted by atomic mass is 19.4. The van der Waals surface area contributed by atoms with E-state index in [-0.39, 0.29) is 17.4 Å². The standard InChI is InChI=1S/C23H15F6N3O3/c1-10-19-16(9-18(30-10)21(34)35-2)15-8-14(3-4-17(15)32-19)31-20(33)11-5-12(22(24,25)26)7-13(6-11)23(27,28)29/h3-9,32H,1-2H3,(H,31,33). The monoisotopic (exact) mass is 495 g/mol. The van der Waals surface area contributed by atoms with E-state index >= 15 is 0 Å². The number of nitrogens with zero attached hydrogens (tertiary/aromatic N) is 1. The number of hydrogen-bond acceptors (Lipinski definition) is 4. The third-order valence-corrected chi connectivity index (χ3v) is 5.27. The van der Waals surface area contributed by atoms with Gasteiger partial charge < -0.3 is 15.0 Å². The van der Waals surface area contributed by atoms with Crippen LogP contribution in [0.3, 0.4) is 0 Å². The van der Waals surface area contributed by atoms with Crippen molar-refractivity contribution >= 4 is 39.4 Å². The van der Waals surface area contributed by atoms with Crippen LogP contribution in [-0.2, 0) is 17.1 Å². The molecule has 0 aliphatic rings. The summed E-state index contributed by atoms with van der Waals surface area (Å²) < 4.78 is 83.4. The molecule has 4 rings (SSSR count). The van der Waals surface area contributed by atoms with E-state index in [0.717, 1.165) is 0 Å². The first kappa shape index (κ1) is 24.0. The Bertz CT molecular complexity index is 1460. The fourth-order valence-corrected chi connectivity index (χ4v) is 3.63. The molecule has 0 unspecified atom stereocenters. The van der Waals surface area contributed by atoms with Gasteiger partial charge in [0, 0.05) is 27.5 Å². The lowest BCUT2D eigenvalue weighted by Gasteiger charge is -2.14. The number of aryl methyl sites for hydroxylation is 1. The Kier molecular flexibility index (Phi) is 5.70. The fourth-order valence-electron chi connectivity index (χ4n) is 3.63. The van der Waals surface area contributed by atoms with E-state index in [2.05, 4.69) is 15.3 Å². The van der Waals surface area contributed by atoms with Crippen LogP contribution in [0, 0.1) is 6.92 Å². The molecule has 2 aromatic carbocycles. The third-order valence-electron chi connectivity index (χ3n) is 5.27. The zero-order valence-corrected chi connectivity index (χ0v) is 18.0. The number of carbonyl (C=O) groups excluding carboxylic acids is 2. The van der Waals surface area contributed by atoms with Gasteiger partial charge in [0.25, 0.3) is 5.91 Å². The average molecular weight is 495 g/mol. The summed E-state index contributed by atoms with van der Waals surface area (Å²) in [5, 5.41) is 3.42. The number of alkyl halides is 6. The van der Waals surface area contributed by atoms with Crippen LogP contribution in [0.4, 0.5) is 32.0 Å². The van der Waals surface area contributed by atoms with E-state index in [9.17, 15) is 35.9 Å². The van der Waals surface area contributed by atoms with Crippen LogP contribution in [0.5, 0.6) is 0 Å². The summed E-state index contributed by atoms with van der Waals surface area (Å²) in [6.07, 6.45) is -10.2. The second-order valence-corrected chi connectivity index (χ2v) is 7.64. The number of benzene rings is 2. The molecule has 4 aromatic rings. The summed E-state index contributed by atoms with van der Waals surface area (Å²) in [5.74, 6) is -1.83. The minimum absolute atomic E-state index is 0.0384. The zero-order chi connectivity index (χ0) is 25.7. The number of aromatic amines is 1. The van der Waals surface area contributed by atoms with E-state index in [0.29, 0.717) is 39.6 Å². The normalized spacial score (nSPS) is 12.2. The Balaban J connectivity index is 1.75. The lowest BCUT2D eigenvalue weighted by molar-refractivity contribution is -0.143. The smallest absolute Gasteiger partial charge is 0.416 e. The highest BCUT2D eigenvalue weighted by Crippen LogP contribution is 2.37. The Morgan fingerprint density at radius 3 is 2.11 bits per heavy atom. The number of H-pyrrole nitrogens is 1. The minimum Gasteiger partial charge on any atom is -0.464 e. The molecule has 2 heterocycles. The van der Waals surface area contributed by atoms with E-state index in [4.69, 9.17) is 4.74 Å². The molecule has 0 atom stereocenters. The molecular formula is C23H15F6N3O3. The molecule has 182 valence electrons. The van der Waals surface area contributed by atoms with Gasteiger partial charge in [-0.15, -0.1) is 0 Å². The topological polar surface area (TPSA) is 84.1 Å². The summed E-state index contributed by atoms with van der Waals surface area (Å²) in [6, 6.07) is 6.60. The maximum atomic E-state index is 13.1. The van der Waals surface area contributed by atoms with Gasteiger partial charge in [-0.25, -0.2) is 9.78 Å². The first-order chi connectivity index (χ1) is 16.3. The first-order valence-electron chi connectivity index (χ1n) is 9.90. The first-order valence-corrected chi connectivity index (χ1v) is 9.90. The van der Waals surface area contributed by atoms with Gasteiger partial charge in [0.15, 0.2) is 0 Å². The number of rotatable bonds is 3. The second-order valence-electron chi connectivity index (χ2n) is 7.64. The number of fused-ring (bicyclic) bond motifs is 3. The van der Waals surface area contributed by atoms with Gasteiger partial charge in [0.2, 0.25) is 0 Å². The van der Waals surface area contributed by atoms with Crippen molar-refractivity contribution in [3.8, 4) is 0 Å². The predicted octanol–water partition coefficient (Wildman–Crippen LogP) is 6.10. The van der Waals surface area contributed by atoms with Crippen LogP contribution >= 0.6 is 0 Å². The molecule has 0 saturated carbocycles. The molecule has 0 aliphatic heterocycles. The molecule has 6 nitrogen and oxygen atoms in total. The Morgan fingerprint density at radius 1 is 0.914 bits per heavy atom. The summed E-state index contributed by atoms with van der Waals surface area (Å²) in [7, 11) is 1.20. The summed E-state index contributed by atoms with van der Waals surface area (Å²) in [5.41, 5.74) is -2.15. The number of aromatic nitrogens is 2. The molecular weight excluding hydrogens is 480 g/mol. The highest BCUT2D eigenvalue weighted by Gasteiger charge is 2.37. The average Bonchev–Trinajstić information content (AvgIpc) is 3.15. The number of hydrogen-bond donors (Lipinski definition) is 2. The largest absolute Gasteiger partial charge is 0.464 e. The lowest BCUT2D eigenvalue weighted by Crippen LogP contribution is -2.17. The van der Waals surface area contributed by atoms with E-state index < -0.39 is 40.9 Å². The molecule has 2 N–H and O–H groups in total. The number of methoxy groups -OCH3 is 1.